The molecule has 4 aliphatic rings. The van der Waals surface area contributed by atoms with Gasteiger partial charge in [-0.15, -0.1) is 0 Å². The fraction of sp³-hybridized carbons (Fsp3) is 0.324. The SMILES string of the molecule is COC1=C(OC)[C@]2(OC)c3c(O)c(OC)c4c(c3O[C@@]23O[C@@H](c2ccccc2)CC=C3C1=O)[C@H](O)C[C@H](c1ccccc1)O4. The van der Waals surface area contributed by atoms with Crippen LogP contribution in [-0.4, -0.2) is 50.2 Å². The Labute approximate surface area is 254 Å². The monoisotopic (exact) mass is 600 g/mol. The largest absolute Gasteiger partial charge is 0.504 e. The molecular formula is C34H32O10. The van der Waals surface area contributed by atoms with Crippen LogP contribution < -0.4 is 14.2 Å². The smallest absolute Gasteiger partial charge is 0.283 e. The molecule has 10 heteroatoms. The zero-order chi connectivity index (χ0) is 30.8. The second-order valence-electron chi connectivity index (χ2n) is 11.0. The summed E-state index contributed by atoms with van der Waals surface area (Å²) in [5.74, 6) is -2.97. The number of methoxy groups -OCH3 is 4. The first kappa shape index (κ1) is 28.3. The average molecular weight is 601 g/mol. The second kappa shape index (κ2) is 10.3. The molecule has 3 aromatic carbocycles. The van der Waals surface area contributed by atoms with Crippen molar-refractivity contribution in [2.45, 2.75) is 42.5 Å². The Hall–Kier alpha value is -4.51. The molecule has 3 aliphatic heterocycles. The van der Waals surface area contributed by atoms with Gasteiger partial charge in [-0.05, 0) is 17.5 Å². The summed E-state index contributed by atoms with van der Waals surface area (Å²) in [6.07, 6.45) is 0.0489. The lowest BCUT2D eigenvalue weighted by molar-refractivity contribution is -0.281. The molecule has 5 atom stereocenters. The minimum atomic E-state index is -1.99. The van der Waals surface area contributed by atoms with Crippen LogP contribution in [0.1, 0.15) is 53.4 Å². The zero-order valence-corrected chi connectivity index (χ0v) is 24.7. The van der Waals surface area contributed by atoms with Crippen molar-refractivity contribution < 1.29 is 48.2 Å². The Morgan fingerprint density at radius 3 is 2.11 bits per heavy atom. The number of allylic oxidation sites excluding steroid dienone is 1. The van der Waals surface area contributed by atoms with E-state index in [0.717, 1.165) is 11.1 Å². The number of carbonyl (C=O) groups excluding carboxylic acids is 1. The Balaban J connectivity index is 1.51. The quantitative estimate of drug-likeness (QED) is 0.397. The van der Waals surface area contributed by atoms with Crippen molar-refractivity contribution in [3.63, 3.8) is 0 Å². The zero-order valence-electron chi connectivity index (χ0n) is 24.7. The molecule has 0 saturated carbocycles. The first-order valence-electron chi connectivity index (χ1n) is 14.3. The third kappa shape index (κ3) is 3.56. The number of aliphatic hydroxyl groups is 1. The summed E-state index contributed by atoms with van der Waals surface area (Å²) >= 11 is 0. The highest BCUT2D eigenvalue weighted by Crippen LogP contribution is 2.69. The van der Waals surface area contributed by atoms with Gasteiger partial charge < -0.3 is 43.4 Å². The van der Waals surface area contributed by atoms with Crippen LogP contribution in [0.4, 0.5) is 0 Å². The molecule has 10 nitrogen and oxygen atoms in total. The van der Waals surface area contributed by atoms with E-state index in [0.29, 0.717) is 6.42 Å². The molecule has 0 unspecified atom stereocenters. The molecule has 0 saturated heterocycles. The van der Waals surface area contributed by atoms with Gasteiger partial charge in [0.15, 0.2) is 17.3 Å². The number of rotatable bonds is 6. The Bertz CT molecular complexity index is 1700. The van der Waals surface area contributed by atoms with Gasteiger partial charge in [0.05, 0.1) is 50.2 Å². The van der Waals surface area contributed by atoms with E-state index in [1.54, 1.807) is 6.08 Å². The number of benzene rings is 3. The van der Waals surface area contributed by atoms with Crippen LogP contribution in [0.25, 0.3) is 0 Å². The van der Waals surface area contributed by atoms with Gasteiger partial charge in [0.1, 0.15) is 11.9 Å². The molecular weight excluding hydrogens is 568 g/mol. The van der Waals surface area contributed by atoms with Crippen LogP contribution in [-0.2, 0) is 29.3 Å². The Kier molecular flexibility index (Phi) is 6.61. The molecule has 0 bridgehead atoms. The fourth-order valence-corrected chi connectivity index (χ4v) is 7.03. The predicted molar refractivity (Wildman–Crippen MR) is 155 cm³/mol. The van der Waals surface area contributed by atoms with Crippen LogP contribution >= 0.6 is 0 Å². The molecule has 44 heavy (non-hydrogen) atoms. The number of hydrogen-bond donors (Lipinski definition) is 2. The average Bonchev–Trinajstić information content (AvgIpc) is 3.34. The van der Waals surface area contributed by atoms with E-state index < -0.39 is 35.5 Å². The molecule has 7 rings (SSSR count). The van der Waals surface area contributed by atoms with Crippen LogP contribution in [0.15, 0.2) is 83.8 Å². The number of carbonyl (C=O) groups is 1. The summed E-state index contributed by atoms with van der Waals surface area (Å²) in [6.45, 7) is 0. The number of aromatic hydroxyl groups is 1. The third-order valence-electron chi connectivity index (χ3n) is 8.90. The van der Waals surface area contributed by atoms with E-state index in [1.807, 2.05) is 60.7 Å². The lowest BCUT2D eigenvalue weighted by atomic mass is 9.72. The van der Waals surface area contributed by atoms with E-state index in [2.05, 4.69) is 0 Å². The molecule has 2 N–H and O–H groups in total. The predicted octanol–water partition coefficient (Wildman–Crippen LogP) is 5.06. The number of ether oxygens (including phenoxy) is 7. The summed E-state index contributed by atoms with van der Waals surface area (Å²) in [5, 5.41) is 23.8. The minimum Gasteiger partial charge on any atom is -0.504 e. The van der Waals surface area contributed by atoms with Crippen LogP contribution in [0, 0.1) is 0 Å². The number of phenols is 1. The van der Waals surface area contributed by atoms with Crippen LogP contribution in [0.2, 0.25) is 0 Å². The van der Waals surface area contributed by atoms with Crippen molar-refractivity contribution in [3.05, 3.63) is 106 Å². The summed E-state index contributed by atoms with van der Waals surface area (Å²) in [7, 11) is 5.51. The van der Waals surface area contributed by atoms with Crippen molar-refractivity contribution in [1.29, 1.82) is 0 Å². The van der Waals surface area contributed by atoms with Crippen molar-refractivity contribution in [2.24, 2.45) is 0 Å². The maximum absolute atomic E-state index is 14.0. The number of hydrogen-bond acceptors (Lipinski definition) is 10. The normalized spacial score (nSPS) is 28.4. The summed E-state index contributed by atoms with van der Waals surface area (Å²) in [5.41, 5.74) is 0.169. The minimum absolute atomic E-state index is 0.0391. The maximum Gasteiger partial charge on any atom is 0.283 e. The van der Waals surface area contributed by atoms with Gasteiger partial charge in [-0.25, -0.2) is 0 Å². The lowest BCUT2D eigenvalue weighted by Crippen LogP contribution is -2.63. The van der Waals surface area contributed by atoms with Gasteiger partial charge in [-0.2, -0.15) is 0 Å². The van der Waals surface area contributed by atoms with Gasteiger partial charge >= 0.3 is 0 Å². The number of fused-ring (bicyclic) bond motifs is 4. The molecule has 0 fully saturated rings. The van der Waals surface area contributed by atoms with E-state index in [-0.39, 0.29) is 57.6 Å². The van der Waals surface area contributed by atoms with Gasteiger partial charge in [0, 0.05) is 13.5 Å². The van der Waals surface area contributed by atoms with Crippen molar-refractivity contribution in [3.8, 4) is 23.0 Å². The second-order valence-corrected chi connectivity index (χ2v) is 11.0. The highest BCUT2D eigenvalue weighted by atomic mass is 16.7. The number of Topliss-reactive ketones (excluding diaryl/α,β-unsaturated/α-hetero) is 1. The third-order valence-corrected chi connectivity index (χ3v) is 8.90. The number of phenolic OH excluding ortho intramolecular Hbond substituents is 1. The highest BCUT2D eigenvalue weighted by molar-refractivity contribution is 6.11. The number of ketones is 1. The molecule has 1 aliphatic carbocycles. The Morgan fingerprint density at radius 2 is 1.52 bits per heavy atom. The fourth-order valence-electron chi connectivity index (χ4n) is 7.03. The highest BCUT2D eigenvalue weighted by Gasteiger charge is 2.76. The van der Waals surface area contributed by atoms with Crippen LogP contribution in [0.5, 0.6) is 23.0 Å². The molecule has 3 heterocycles. The van der Waals surface area contributed by atoms with E-state index in [4.69, 9.17) is 33.2 Å². The molecule has 1 spiro atoms. The van der Waals surface area contributed by atoms with Gasteiger partial charge in [-0.1, -0.05) is 66.7 Å². The molecule has 0 radical (unpaired) electrons. The molecule has 0 aromatic heterocycles. The van der Waals surface area contributed by atoms with Crippen molar-refractivity contribution >= 4 is 5.78 Å². The van der Waals surface area contributed by atoms with Gasteiger partial charge in [0.2, 0.25) is 22.9 Å². The molecule has 3 aromatic rings. The van der Waals surface area contributed by atoms with Crippen LogP contribution in [0.3, 0.4) is 0 Å². The first-order valence-corrected chi connectivity index (χ1v) is 14.3. The first-order chi connectivity index (χ1) is 21.4. The van der Waals surface area contributed by atoms with E-state index in [1.165, 1.54) is 28.4 Å². The molecule has 228 valence electrons. The summed E-state index contributed by atoms with van der Waals surface area (Å²) < 4.78 is 43.5. The topological polar surface area (TPSA) is 122 Å². The van der Waals surface area contributed by atoms with E-state index in [9.17, 15) is 15.0 Å². The lowest BCUT2D eigenvalue weighted by Gasteiger charge is -2.49. The molecule has 0 amide bonds. The van der Waals surface area contributed by atoms with Gasteiger partial charge in [0.25, 0.3) is 5.79 Å². The van der Waals surface area contributed by atoms with Gasteiger partial charge in [-0.3, -0.25) is 4.79 Å². The Morgan fingerprint density at radius 1 is 0.864 bits per heavy atom. The van der Waals surface area contributed by atoms with E-state index >= 15 is 0 Å². The summed E-state index contributed by atoms with van der Waals surface area (Å²) in [6, 6.07) is 19.0. The number of aliphatic hydroxyl groups excluding tert-OH is 1. The van der Waals surface area contributed by atoms with Crippen molar-refractivity contribution in [1.82, 2.24) is 0 Å². The standard InChI is InChI=1S/C34H32O10/c1-38-30-27(37)25-28(24-21(35)17-23(42-29(24)30)19-13-9-6-10-14-19)44-34-20(15-16-22(43-34)18-11-7-5-8-12-18)26(36)31(39-2)32(40-3)33(25,34)41-4/h5-15,21-23,35,37H,16-17H2,1-4H3/t21-,22-,23-,33-,34-/m1/s1. The maximum atomic E-state index is 14.0. The van der Waals surface area contributed by atoms with Crippen molar-refractivity contribution in [2.75, 3.05) is 28.4 Å². The summed E-state index contributed by atoms with van der Waals surface area (Å²) in [4.78, 5) is 14.0.